The third kappa shape index (κ3) is 13.0. The number of anilines is 1. The number of aromatic amines is 1. The lowest BCUT2D eigenvalue weighted by Gasteiger charge is -2.15. The lowest BCUT2D eigenvalue weighted by molar-refractivity contribution is -0.125. The molecule has 2 rings (SSSR count). The summed E-state index contributed by atoms with van der Waals surface area (Å²) in [6.45, 7) is 6.61. The standard InChI is InChI=1S/C20H27N5O4.C4H10N2O/c1-13(2)18(21)19(27)23-11-17(26)25-15-7-5-14(6-8-15)12-29-20(28)24-10-16-4-3-9-22-16;1-2-3-6-4(5)7/h3-9,13,18,22H,10-12,21H2,1-2H3,(H,23,27)(H,24,28)(H,25,26);2-3H2,1H3,(H3,5,6,7). The van der Waals surface area contributed by atoms with Crippen LogP contribution in [0.1, 0.15) is 38.4 Å². The molecule has 0 aliphatic rings. The summed E-state index contributed by atoms with van der Waals surface area (Å²) >= 11 is 0. The van der Waals surface area contributed by atoms with Crippen LogP contribution in [-0.4, -0.2) is 48.1 Å². The average Bonchev–Trinajstić information content (AvgIpc) is 3.38. The van der Waals surface area contributed by atoms with Crippen molar-refractivity contribution in [3.05, 3.63) is 53.9 Å². The third-order valence-electron chi connectivity index (χ3n) is 4.69. The molecule has 5 amide bonds. The van der Waals surface area contributed by atoms with Gasteiger partial charge in [0.15, 0.2) is 0 Å². The van der Waals surface area contributed by atoms with Gasteiger partial charge >= 0.3 is 12.1 Å². The van der Waals surface area contributed by atoms with Crippen molar-refractivity contribution in [3.8, 4) is 0 Å². The topological polar surface area (TPSA) is 193 Å². The van der Waals surface area contributed by atoms with Gasteiger partial charge in [0, 0.05) is 24.1 Å². The molecule has 0 radical (unpaired) electrons. The first kappa shape index (κ1) is 30.0. The SMILES string of the molecule is CC(C)C(N)C(=O)NCC(=O)Nc1ccc(COC(=O)NCc2ccc[nH]2)cc1.CCCNC(N)=O. The number of ether oxygens (including phenoxy) is 1. The van der Waals surface area contributed by atoms with E-state index in [1.165, 1.54) is 0 Å². The molecule has 1 aromatic heterocycles. The summed E-state index contributed by atoms with van der Waals surface area (Å²) in [5.41, 5.74) is 12.7. The second-order valence-corrected chi connectivity index (χ2v) is 8.15. The monoisotopic (exact) mass is 503 g/mol. The number of amides is 5. The molecule has 12 heteroatoms. The van der Waals surface area contributed by atoms with Gasteiger partial charge < -0.3 is 42.5 Å². The summed E-state index contributed by atoms with van der Waals surface area (Å²) in [7, 11) is 0. The fourth-order valence-corrected chi connectivity index (χ4v) is 2.57. The van der Waals surface area contributed by atoms with Gasteiger partial charge in [0.05, 0.1) is 19.1 Å². The highest BCUT2D eigenvalue weighted by Crippen LogP contribution is 2.10. The number of H-pyrrole nitrogens is 1. The van der Waals surface area contributed by atoms with Crippen molar-refractivity contribution in [2.75, 3.05) is 18.4 Å². The molecule has 0 bridgehead atoms. The van der Waals surface area contributed by atoms with Gasteiger partial charge in [-0.2, -0.15) is 0 Å². The summed E-state index contributed by atoms with van der Waals surface area (Å²) in [5, 5.41) is 10.3. The molecule has 1 aromatic carbocycles. The molecule has 198 valence electrons. The van der Waals surface area contributed by atoms with E-state index in [4.69, 9.17) is 16.2 Å². The molecule has 2 aromatic rings. The summed E-state index contributed by atoms with van der Waals surface area (Å²) in [6.07, 6.45) is 2.19. The second-order valence-electron chi connectivity index (χ2n) is 8.15. The summed E-state index contributed by atoms with van der Waals surface area (Å²) in [4.78, 5) is 48.2. The van der Waals surface area contributed by atoms with E-state index in [-0.39, 0.29) is 30.9 Å². The first-order chi connectivity index (χ1) is 17.1. The Bertz CT molecular complexity index is 946. The highest BCUT2D eigenvalue weighted by atomic mass is 16.5. The zero-order chi connectivity index (χ0) is 26.9. The molecule has 9 N–H and O–H groups in total. The van der Waals surface area contributed by atoms with Crippen molar-refractivity contribution >= 4 is 29.6 Å². The Morgan fingerprint density at radius 3 is 2.25 bits per heavy atom. The lowest BCUT2D eigenvalue weighted by Crippen LogP contribution is -2.46. The van der Waals surface area contributed by atoms with Crippen LogP contribution in [0.2, 0.25) is 0 Å². The van der Waals surface area contributed by atoms with Crippen LogP contribution in [0.4, 0.5) is 15.3 Å². The normalized spacial score (nSPS) is 10.9. The Morgan fingerprint density at radius 2 is 1.72 bits per heavy atom. The molecule has 0 spiro atoms. The number of benzene rings is 1. The maximum Gasteiger partial charge on any atom is 0.407 e. The number of alkyl carbamates (subject to hydrolysis) is 1. The zero-order valence-electron chi connectivity index (χ0n) is 20.9. The average molecular weight is 504 g/mol. The number of urea groups is 1. The van der Waals surface area contributed by atoms with Crippen molar-refractivity contribution < 1.29 is 23.9 Å². The third-order valence-corrected chi connectivity index (χ3v) is 4.69. The fourth-order valence-electron chi connectivity index (χ4n) is 2.57. The lowest BCUT2D eigenvalue weighted by atomic mass is 10.1. The van der Waals surface area contributed by atoms with E-state index in [2.05, 4.69) is 26.3 Å². The smallest absolute Gasteiger partial charge is 0.407 e. The van der Waals surface area contributed by atoms with Crippen molar-refractivity contribution in [1.29, 1.82) is 0 Å². The summed E-state index contributed by atoms with van der Waals surface area (Å²) < 4.78 is 5.14. The van der Waals surface area contributed by atoms with Gasteiger partial charge in [0.2, 0.25) is 11.8 Å². The van der Waals surface area contributed by atoms with Gasteiger partial charge in [-0.05, 0) is 42.2 Å². The maximum absolute atomic E-state index is 11.9. The molecule has 36 heavy (non-hydrogen) atoms. The molecule has 0 aliphatic heterocycles. The first-order valence-electron chi connectivity index (χ1n) is 11.6. The van der Waals surface area contributed by atoms with Crippen molar-refractivity contribution in [2.24, 2.45) is 17.4 Å². The van der Waals surface area contributed by atoms with Crippen molar-refractivity contribution in [3.63, 3.8) is 0 Å². The largest absolute Gasteiger partial charge is 0.445 e. The number of hydrogen-bond acceptors (Lipinski definition) is 6. The second kappa shape index (κ2) is 16.5. The number of nitrogens with two attached hydrogens (primary N) is 2. The van der Waals surface area contributed by atoms with Crippen molar-refractivity contribution in [2.45, 2.75) is 46.4 Å². The Labute approximate surface area is 210 Å². The fraction of sp³-hybridized carbons (Fsp3) is 0.417. The molecule has 12 nitrogen and oxygen atoms in total. The molecule has 1 heterocycles. The summed E-state index contributed by atoms with van der Waals surface area (Å²) in [6, 6.07) is 9.46. The minimum absolute atomic E-state index is 0.0108. The number of aromatic nitrogens is 1. The quantitative estimate of drug-likeness (QED) is 0.243. The van der Waals surface area contributed by atoms with E-state index < -0.39 is 18.2 Å². The predicted molar refractivity (Wildman–Crippen MR) is 137 cm³/mol. The maximum atomic E-state index is 11.9. The van der Waals surface area contributed by atoms with Gasteiger partial charge in [0.1, 0.15) is 6.61 Å². The van der Waals surface area contributed by atoms with Crippen LogP contribution in [0.25, 0.3) is 0 Å². The van der Waals surface area contributed by atoms with Gasteiger partial charge in [-0.15, -0.1) is 0 Å². The summed E-state index contributed by atoms with van der Waals surface area (Å²) in [5.74, 6) is -0.734. The molecule has 1 atom stereocenters. The minimum Gasteiger partial charge on any atom is -0.445 e. The molecule has 0 fully saturated rings. The van der Waals surface area contributed by atoms with Crippen LogP contribution >= 0.6 is 0 Å². The van der Waals surface area contributed by atoms with Crippen LogP contribution in [-0.2, 0) is 27.5 Å². The zero-order valence-corrected chi connectivity index (χ0v) is 20.9. The van der Waals surface area contributed by atoms with Crippen LogP contribution in [0.15, 0.2) is 42.6 Å². The molecule has 1 unspecified atom stereocenters. The van der Waals surface area contributed by atoms with E-state index in [1.807, 2.05) is 32.9 Å². The first-order valence-corrected chi connectivity index (χ1v) is 11.6. The van der Waals surface area contributed by atoms with E-state index >= 15 is 0 Å². The van der Waals surface area contributed by atoms with E-state index in [9.17, 15) is 19.2 Å². The van der Waals surface area contributed by atoms with Crippen molar-refractivity contribution in [1.82, 2.24) is 20.9 Å². The van der Waals surface area contributed by atoms with Gasteiger partial charge in [-0.25, -0.2) is 9.59 Å². The minimum atomic E-state index is -0.651. The molecule has 0 saturated carbocycles. The molecular formula is C24H37N7O5. The molecular weight excluding hydrogens is 466 g/mol. The molecule has 0 saturated heterocycles. The van der Waals surface area contributed by atoms with Crippen LogP contribution < -0.4 is 32.7 Å². The van der Waals surface area contributed by atoms with Gasteiger partial charge in [-0.1, -0.05) is 32.9 Å². The number of primary amides is 1. The number of carbonyl (C=O) groups excluding carboxylic acids is 4. The Kier molecular flexibility index (Phi) is 13.8. The Hall–Kier alpha value is -4.06. The van der Waals surface area contributed by atoms with E-state index in [1.54, 1.807) is 30.5 Å². The van der Waals surface area contributed by atoms with E-state index in [0.29, 0.717) is 18.8 Å². The van der Waals surface area contributed by atoms with Crippen LogP contribution in [0, 0.1) is 5.92 Å². The molecule has 0 aliphatic carbocycles. The van der Waals surface area contributed by atoms with Gasteiger partial charge in [-0.3, -0.25) is 9.59 Å². The Morgan fingerprint density at radius 1 is 1.03 bits per heavy atom. The number of rotatable bonds is 11. The van der Waals surface area contributed by atoms with Crippen LogP contribution in [0.5, 0.6) is 0 Å². The predicted octanol–water partition coefficient (Wildman–Crippen LogP) is 1.54. The number of nitrogens with one attached hydrogen (secondary N) is 5. The van der Waals surface area contributed by atoms with Crippen LogP contribution in [0.3, 0.4) is 0 Å². The highest BCUT2D eigenvalue weighted by molar-refractivity contribution is 5.95. The number of hydrogen-bond donors (Lipinski definition) is 7. The Balaban J connectivity index is 0.000000809. The van der Waals surface area contributed by atoms with Gasteiger partial charge in [0.25, 0.3) is 0 Å². The number of carbonyl (C=O) groups is 4. The van der Waals surface area contributed by atoms with E-state index in [0.717, 1.165) is 17.7 Å². The highest BCUT2D eigenvalue weighted by Gasteiger charge is 2.17.